The molecule has 0 fully saturated rings. The normalized spacial score (nSPS) is 14.5. The first kappa shape index (κ1) is 20.8. The van der Waals surface area contributed by atoms with E-state index in [9.17, 15) is 19.1 Å². The lowest BCUT2D eigenvalue weighted by Crippen LogP contribution is -2.41. The van der Waals surface area contributed by atoms with Crippen LogP contribution in [0.4, 0.5) is 4.39 Å². The summed E-state index contributed by atoms with van der Waals surface area (Å²) in [5.74, 6) is 0. The molecule has 0 aliphatic carbocycles. The van der Waals surface area contributed by atoms with Gasteiger partial charge in [-0.3, -0.25) is 14.3 Å². The van der Waals surface area contributed by atoms with Crippen LogP contribution in [0, 0.1) is 0 Å². The number of ether oxygens (including phenoxy) is 1. The van der Waals surface area contributed by atoms with Gasteiger partial charge in [-0.25, -0.2) is 9.18 Å². The number of nitrogens with one attached hydrogen (secondary N) is 1. The molecule has 1 aromatic rings. The molecule has 0 bridgehead atoms. The number of aliphatic hydroxyl groups is 1. The third-order valence-electron chi connectivity index (χ3n) is 4.36. The van der Waals surface area contributed by atoms with E-state index < -0.39 is 38.6 Å². The van der Waals surface area contributed by atoms with Gasteiger partial charge in [0.15, 0.2) is 14.5 Å². The predicted molar refractivity (Wildman–Crippen MR) is 91.4 cm³/mol. The summed E-state index contributed by atoms with van der Waals surface area (Å²) in [4.78, 5) is 24.9. The minimum atomic E-state index is -1.86. The molecule has 9 heteroatoms. The summed E-state index contributed by atoms with van der Waals surface area (Å²) in [6.45, 7) is 5.07. The predicted octanol–water partition coefficient (Wildman–Crippen LogP) is 1.40. The molecule has 0 aliphatic heterocycles. The van der Waals surface area contributed by atoms with Crippen LogP contribution < -0.4 is 11.2 Å². The minimum Gasteiger partial charge on any atom is -0.414 e. The first-order valence-electron chi connectivity index (χ1n) is 8.22. The molecular formula is C15H27FN2O5Si. The molecular weight excluding hydrogens is 335 g/mol. The fourth-order valence-corrected chi connectivity index (χ4v) is 5.17. The van der Waals surface area contributed by atoms with Crippen LogP contribution in [-0.2, 0) is 9.16 Å². The second kappa shape index (κ2) is 9.87. The summed E-state index contributed by atoms with van der Waals surface area (Å²) in [5.41, 5.74) is -1.33. The topological polar surface area (TPSA) is 93.5 Å². The highest BCUT2D eigenvalue weighted by Crippen LogP contribution is 2.22. The van der Waals surface area contributed by atoms with Crippen molar-refractivity contribution >= 4 is 8.32 Å². The van der Waals surface area contributed by atoms with E-state index in [0.717, 1.165) is 28.8 Å². The summed E-state index contributed by atoms with van der Waals surface area (Å²) in [6, 6.07) is 3.96. The first-order chi connectivity index (χ1) is 11.4. The summed E-state index contributed by atoms with van der Waals surface area (Å²) < 4.78 is 25.8. The fraction of sp³-hybridized carbons (Fsp3) is 0.733. The van der Waals surface area contributed by atoms with Crippen LogP contribution in [0.1, 0.15) is 27.0 Å². The van der Waals surface area contributed by atoms with E-state index in [1.807, 2.05) is 4.98 Å². The number of hydrogen-bond donors (Lipinski definition) is 2. The molecule has 1 aromatic heterocycles. The van der Waals surface area contributed by atoms with Gasteiger partial charge in [-0.2, -0.15) is 0 Å². The number of rotatable bonds is 11. The van der Waals surface area contributed by atoms with Crippen LogP contribution >= 0.6 is 0 Å². The van der Waals surface area contributed by atoms with Crippen molar-refractivity contribution < 1.29 is 18.7 Å². The summed E-state index contributed by atoms with van der Waals surface area (Å²) in [7, 11) is -1.86. The lowest BCUT2D eigenvalue weighted by atomic mass is 10.4. The molecule has 0 unspecified atom stereocenters. The number of hydrogen-bond acceptors (Lipinski definition) is 5. The van der Waals surface area contributed by atoms with Crippen molar-refractivity contribution in [2.45, 2.75) is 51.2 Å². The van der Waals surface area contributed by atoms with Crippen molar-refractivity contribution in [3.63, 3.8) is 0 Å². The zero-order chi connectivity index (χ0) is 18.2. The summed E-state index contributed by atoms with van der Waals surface area (Å²) in [6.07, 6.45) is -0.804. The van der Waals surface area contributed by atoms with Gasteiger partial charge in [-0.05, 0) is 18.1 Å². The zero-order valence-corrected chi connectivity index (χ0v) is 15.5. The Morgan fingerprint density at radius 3 is 2.38 bits per heavy atom. The Balaban J connectivity index is 2.81. The first-order valence-corrected chi connectivity index (χ1v) is 10.8. The van der Waals surface area contributed by atoms with Crippen molar-refractivity contribution in [1.82, 2.24) is 9.55 Å². The Labute approximate surface area is 141 Å². The van der Waals surface area contributed by atoms with Gasteiger partial charge in [-0.15, -0.1) is 0 Å². The van der Waals surface area contributed by atoms with Crippen LogP contribution in [0.2, 0.25) is 18.1 Å². The molecule has 0 radical (unpaired) electrons. The highest BCUT2D eigenvalue weighted by molar-refractivity contribution is 6.73. The maximum atomic E-state index is 13.3. The summed E-state index contributed by atoms with van der Waals surface area (Å²) in [5, 5.41) is 9.49. The van der Waals surface area contributed by atoms with E-state index >= 15 is 0 Å². The standard InChI is InChI=1S/C15H27FN2O5Si/c1-4-24(5-2,6-3)22-11-12(10-19)23-14(9-16)18-8-7-13(20)17-15(18)21/h7-8,12,14,19H,4-6,9-11H2,1-3H3,(H,17,20,21)/t12-,14-/m1/s1. The van der Waals surface area contributed by atoms with E-state index in [4.69, 9.17) is 9.16 Å². The largest absolute Gasteiger partial charge is 0.414 e. The van der Waals surface area contributed by atoms with Gasteiger partial charge in [0.25, 0.3) is 5.56 Å². The number of H-pyrrole nitrogens is 1. The molecule has 2 atom stereocenters. The Kier molecular flexibility index (Phi) is 8.53. The molecule has 0 aromatic carbocycles. The number of aromatic nitrogens is 2. The van der Waals surface area contributed by atoms with Gasteiger partial charge in [-0.1, -0.05) is 20.8 Å². The Morgan fingerprint density at radius 1 is 1.29 bits per heavy atom. The molecule has 2 N–H and O–H groups in total. The van der Waals surface area contributed by atoms with Crippen molar-refractivity contribution in [2.24, 2.45) is 0 Å². The molecule has 0 saturated heterocycles. The van der Waals surface area contributed by atoms with Gasteiger partial charge in [0, 0.05) is 12.3 Å². The number of aliphatic hydroxyl groups excluding tert-OH is 1. The molecule has 0 saturated carbocycles. The van der Waals surface area contributed by atoms with E-state index in [1.165, 1.54) is 6.20 Å². The van der Waals surface area contributed by atoms with E-state index in [2.05, 4.69) is 20.8 Å². The molecule has 7 nitrogen and oxygen atoms in total. The maximum Gasteiger partial charge on any atom is 0.330 e. The van der Waals surface area contributed by atoms with E-state index in [-0.39, 0.29) is 13.2 Å². The lowest BCUT2D eigenvalue weighted by molar-refractivity contribution is -0.101. The second-order valence-corrected chi connectivity index (χ2v) is 10.4. The molecule has 0 spiro atoms. The third-order valence-corrected chi connectivity index (χ3v) is 9.00. The number of halogens is 1. The van der Waals surface area contributed by atoms with Gasteiger partial charge < -0.3 is 14.3 Å². The average Bonchev–Trinajstić information content (AvgIpc) is 2.60. The quantitative estimate of drug-likeness (QED) is 0.581. The SMILES string of the molecule is CC[Si](CC)(CC)OC[C@@H](CO)O[C@H](CF)n1ccc(=O)[nH]c1=O. The summed E-state index contributed by atoms with van der Waals surface area (Å²) >= 11 is 0. The fourth-order valence-electron chi connectivity index (χ4n) is 2.51. The van der Waals surface area contributed by atoms with Crippen LogP contribution in [0.15, 0.2) is 21.9 Å². The van der Waals surface area contributed by atoms with E-state index in [0.29, 0.717) is 0 Å². The van der Waals surface area contributed by atoms with Crippen molar-refractivity contribution in [3.8, 4) is 0 Å². The van der Waals surface area contributed by atoms with Gasteiger partial charge >= 0.3 is 5.69 Å². The molecule has 1 rings (SSSR count). The van der Waals surface area contributed by atoms with Crippen molar-refractivity contribution in [2.75, 3.05) is 19.9 Å². The Morgan fingerprint density at radius 2 is 1.92 bits per heavy atom. The van der Waals surface area contributed by atoms with Gasteiger partial charge in [0.1, 0.15) is 12.8 Å². The van der Waals surface area contributed by atoms with Crippen molar-refractivity contribution in [3.05, 3.63) is 33.1 Å². The number of aromatic amines is 1. The smallest absolute Gasteiger partial charge is 0.330 e. The second-order valence-electron chi connectivity index (χ2n) is 5.62. The maximum absolute atomic E-state index is 13.3. The molecule has 138 valence electrons. The lowest BCUT2D eigenvalue weighted by Gasteiger charge is -2.31. The zero-order valence-electron chi connectivity index (χ0n) is 14.5. The highest BCUT2D eigenvalue weighted by Gasteiger charge is 2.30. The third kappa shape index (κ3) is 5.37. The van der Waals surface area contributed by atoms with Gasteiger partial charge in [0.2, 0.25) is 0 Å². The van der Waals surface area contributed by atoms with Crippen LogP contribution in [0.25, 0.3) is 0 Å². The van der Waals surface area contributed by atoms with Crippen molar-refractivity contribution in [1.29, 1.82) is 0 Å². The number of nitrogens with zero attached hydrogens (tertiary/aromatic N) is 1. The Bertz CT molecular complexity index is 594. The average molecular weight is 362 g/mol. The van der Waals surface area contributed by atoms with E-state index in [1.54, 1.807) is 0 Å². The molecule has 24 heavy (non-hydrogen) atoms. The number of alkyl halides is 1. The van der Waals surface area contributed by atoms with Crippen LogP contribution in [0.3, 0.4) is 0 Å². The van der Waals surface area contributed by atoms with Gasteiger partial charge in [0.05, 0.1) is 13.2 Å². The van der Waals surface area contributed by atoms with Crippen LogP contribution in [-0.4, -0.2) is 49.0 Å². The monoisotopic (exact) mass is 362 g/mol. The molecule has 1 heterocycles. The Hall–Kier alpha value is -1.29. The van der Waals surface area contributed by atoms with Crippen LogP contribution in [0.5, 0.6) is 0 Å². The minimum absolute atomic E-state index is 0.146. The molecule has 0 aliphatic rings. The molecule has 0 amide bonds. The highest BCUT2D eigenvalue weighted by atomic mass is 28.4.